The molecular weight excluding hydrogens is 449 g/mol. The second kappa shape index (κ2) is 8.84. The fraction of sp³-hybridized carbons (Fsp3) is 0.174. The fourth-order valence-corrected chi connectivity index (χ4v) is 3.52. The topological polar surface area (TPSA) is 108 Å². The van der Waals surface area contributed by atoms with E-state index in [1.54, 1.807) is 38.2 Å². The number of ether oxygens (including phenoxy) is 1. The molecule has 1 unspecified atom stereocenters. The first-order valence-corrected chi connectivity index (χ1v) is 10.2. The molecule has 2 aromatic carbocycles. The molecule has 8 nitrogen and oxygen atoms in total. The van der Waals surface area contributed by atoms with Crippen molar-refractivity contribution in [2.45, 2.75) is 13.0 Å². The minimum Gasteiger partial charge on any atom is -0.489 e. The Balaban J connectivity index is 1.58. The molecule has 0 saturated heterocycles. The molecule has 4 rings (SSSR count). The van der Waals surface area contributed by atoms with Gasteiger partial charge in [0.1, 0.15) is 24.2 Å². The van der Waals surface area contributed by atoms with Gasteiger partial charge in [-0.05, 0) is 30.7 Å². The van der Waals surface area contributed by atoms with Crippen molar-refractivity contribution < 1.29 is 18.7 Å². The number of aryl methyl sites for hydroxylation is 1. The average molecular weight is 466 g/mol. The smallest absolute Gasteiger partial charge is 0.289 e. The number of likely N-dealkylation sites (N-methyl/N-ethyl adjacent to an activating group) is 1. The van der Waals surface area contributed by atoms with E-state index in [1.807, 2.05) is 6.07 Å². The first-order chi connectivity index (χ1) is 15.8. The van der Waals surface area contributed by atoms with Crippen molar-refractivity contribution in [2.75, 3.05) is 18.6 Å². The number of hydrogen-bond acceptors (Lipinski definition) is 6. The molecule has 0 aliphatic carbocycles. The van der Waals surface area contributed by atoms with Crippen LogP contribution in [0.5, 0.6) is 5.75 Å². The molecule has 0 bridgehead atoms. The number of hydrogen-bond donors (Lipinski definition) is 1. The Morgan fingerprint density at radius 2 is 2.12 bits per heavy atom. The molecule has 0 fully saturated rings. The minimum atomic E-state index is -1.03. The predicted molar refractivity (Wildman–Crippen MR) is 118 cm³/mol. The average Bonchev–Trinajstić information content (AvgIpc) is 2.93. The number of benzene rings is 2. The van der Waals surface area contributed by atoms with Gasteiger partial charge in [0, 0.05) is 18.7 Å². The van der Waals surface area contributed by atoms with E-state index in [1.165, 1.54) is 23.2 Å². The third-order valence-electron chi connectivity index (χ3n) is 5.18. The largest absolute Gasteiger partial charge is 0.489 e. The maximum absolute atomic E-state index is 14.0. The highest BCUT2D eigenvalue weighted by molar-refractivity contribution is 6.33. The van der Waals surface area contributed by atoms with Gasteiger partial charge in [0.05, 0.1) is 34.2 Å². The summed E-state index contributed by atoms with van der Waals surface area (Å²) in [5.74, 6) is -1.45. The number of amides is 2. The molecule has 166 valence electrons. The number of nitrogens with zero attached hydrogens (tertiary/aromatic N) is 4. The molecule has 33 heavy (non-hydrogen) atoms. The SMILES string of the molecule is Cc1ccc(-c2nc(C(=O)NC3COc4cc(C#N)ccc4N(C)C3=O)ncc2Cl)cc1F. The van der Waals surface area contributed by atoms with Crippen LogP contribution in [0.3, 0.4) is 0 Å². The zero-order chi connectivity index (χ0) is 23.7. The molecule has 1 N–H and O–H groups in total. The first-order valence-electron chi connectivity index (χ1n) is 9.83. The molecule has 1 aliphatic rings. The Morgan fingerprint density at radius 1 is 1.33 bits per heavy atom. The predicted octanol–water partition coefficient (Wildman–Crippen LogP) is 3.27. The van der Waals surface area contributed by atoms with E-state index in [0.717, 1.165) is 0 Å². The van der Waals surface area contributed by atoms with Gasteiger partial charge in [-0.15, -0.1) is 0 Å². The Kier molecular flexibility index (Phi) is 5.94. The lowest BCUT2D eigenvalue weighted by Crippen LogP contribution is -2.49. The zero-order valence-corrected chi connectivity index (χ0v) is 18.4. The van der Waals surface area contributed by atoms with Crippen molar-refractivity contribution in [1.82, 2.24) is 15.3 Å². The van der Waals surface area contributed by atoms with Crippen LogP contribution < -0.4 is 15.0 Å². The molecule has 0 saturated carbocycles. The molecular formula is C23H17ClFN5O3. The number of nitriles is 1. The third-order valence-corrected chi connectivity index (χ3v) is 5.46. The van der Waals surface area contributed by atoms with Crippen LogP contribution >= 0.6 is 11.6 Å². The lowest BCUT2D eigenvalue weighted by molar-refractivity contribution is -0.120. The van der Waals surface area contributed by atoms with Crippen molar-refractivity contribution in [3.8, 4) is 23.1 Å². The summed E-state index contributed by atoms with van der Waals surface area (Å²) in [6.45, 7) is 1.47. The first kappa shape index (κ1) is 22.2. The maximum atomic E-state index is 14.0. The summed E-state index contributed by atoms with van der Waals surface area (Å²) in [6, 6.07) is 10.2. The second-order valence-electron chi connectivity index (χ2n) is 7.38. The number of carbonyl (C=O) groups is 2. The van der Waals surface area contributed by atoms with Gasteiger partial charge in [0.15, 0.2) is 0 Å². The zero-order valence-electron chi connectivity index (χ0n) is 17.6. The quantitative estimate of drug-likeness (QED) is 0.636. The van der Waals surface area contributed by atoms with E-state index in [2.05, 4.69) is 15.3 Å². The van der Waals surface area contributed by atoms with Gasteiger partial charge in [-0.3, -0.25) is 9.59 Å². The number of halogens is 2. The van der Waals surface area contributed by atoms with Crippen molar-refractivity contribution in [2.24, 2.45) is 0 Å². The monoisotopic (exact) mass is 465 g/mol. The lowest BCUT2D eigenvalue weighted by Gasteiger charge is -2.20. The Hall–Kier alpha value is -4.03. The van der Waals surface area contributed by atoms with Crippen LogP contribution in [0.2, 0.25) is 5.02 Å². The second-order valence-corrected chi connectivity index (χ2v) is 7.79. The van der Waals surface area contributed by atoms with Gasteiger partial charge in [0.2, 0.25) is 5.82 Å². The number of rotatable bonds is 3. The molecule has 3 aromatic rings. The lowest BCUT2D eigenvalue weighted by atomic mass is 10.1. The number of aromatic nitrogens is 2. The van der Waals surface area contributed by atoms with Crippen LogP contribution in [0.1, 0.15) is 21.7 Å². The van der Waals surface area contributed by atoms with Crippen LogP contribution in [0.25, 0.3) is 11.3 Å². The summed E-state index contributed by atoms with van der Waals surface area (Å²) in [7, 11) is 1.55. The van der Waals surface area contributed by atoms with Gasteiger partial charge in [-0.25, -0.2) is 14.4 Å². The Morgan fingerprint density at radius 3 is 2.85 bits per heavy atom. The normalized spacial score (nSPS) is 15.2. The molecule has 10 heteroatoms. The number of nitrogens with one attached hydrogen (secondary N) is 1. The van der Waals surface area contributed by atoms with Crippen LogP contribution in [-0.2, 0) is 4.79 Å². The summed E-state index contributed by atoms with van der Waals surface area (Å²) in [5, 5.41) is 11.8. The summed E-state index contributed by atoms with van der Waals surface area (Å²) in [6.07, 6.45) is 1.24. The van der Waals surface area contributed by atoms with Crippen molar-refractivity contribution >= 4 is 29.1 Å². The van der Waals surface area contributed by atoms with Crippen LogP contribution in [0.4, 0.5) is 10.1 Å². The van der Waals surface area contributed by atoms with Gasteiger partial charge >= 0.3 is 0 Å². The highest BCUT2D eigenvalue weighted by Gasteiger charge is 2.31. The van der Waals surface area contributed by atoms with E-state index in [9.17, 15) is 14.0 Å². The fourth-order valence-electron chi connectivity index (χ4n) is 3.32. The van der Waals surface area contributed by atoms with E-state index < -0.39 is 23.7 Å². The van der Waals surface area contributed by atoms with Crippen LogP contribution in [0, 0.1) is 24.1 Å². The molecule has 1 atom stereocenters. The summed E-state index contributed by atoms with van der Waals surface area (Å²) < 4.78 is 19.7. The van der Waals surface area contributed by atoms with Crippen LogP contribution in [-0.4, -0.2) is 41.5 Å². The minimum absolute atomic E-state index is 0.146. The molecule has 0 radical (unpaired) electrons. The van der Waals surface area contributed by atoms with Crippen molar-refractivity contribution in [3.05, 3.63) is 70.4 Å². The summed E-state index contributed by atoms with van der Waals surface area (Å²) in [5.41, 5.74) is 1.89. The Bertz CT molecular complexity index is 1320. The van der Waals surface area contributed by atoms with E-state index in [4.69, 9.17) is 21.6 Å². The van der Waals surface area contributed by atoms with E-state index in [-0.39, 0.29) is 23.1 Å². The van der Waals surface area contributed by atoms with E-state index in [0.29, 0.717) is 28.1 Å². The maximum Gasteiger partial charge on any atom is 0.289 e. The van der Waals surface area contributed by atoms with Crippen molar-refractivity contribution in [1.29, 1.82) is 5.26 Å². The van der Waals surface area contributed by atoms with Crippen LogP contribution in [0.15, 0.2) is 42.6 Å². The molecule has 2 amide bonds. The third kappa shape index (κ3) is 4.33. The molecule has 1 aromatic heterocycles. The standard InChI is InChI=1S/C23H17ClFN5O3/c1-12-3-5-14(8-16(12)25)20-15(24)10-27-21(29-20)22(31)28-17-11-33-19-7-13(9-26)4-6-18(19)30(2)23(17)32/h3-8,10,17H,11H2,1-2H3,(H,28,31). The van der Waals surface area contributed by atoms with E-state index >= 15 is 0 Å². The number of carbonyl (C=O) groups excluding carboxylic acids is 2. The number of anilines is 1. The van der Waals surface area contributed by atoms with Crippen molar-refractivity contribution in [3.63, 3.8) is 0 Å². The van der Waals surface area contributed by atoms with Gasteiger partial charge in [-0.1, -0.05) is 23.7 Å². The number of fused-ring (bicyclic) bond motifs is 1. The molecule has 0 spiro atoms. The summed E-state index contributed by atoms with van der Waals surface area (Å²) in [4.78, 5) is 35.2. The van der Waals surface area contributed by atoms with Gasteiger partial charge < -0.3 is 15.0 Å². The molecule has 2 heterocycles. The van der Waals surface area contributed by atoms with Gasteiger partial charge in [0.25, 0.3) is 11.8 Å². The highest BCUT2D eigenvalue weighted by Crippen LogP contribution is 2.31. The summed E-state index contributed by atoms with van der Waals surface area (Å²) >= 11 is 6.18. The highest BCUT2D eigenvalue weighted by atomic mass is 35.5. The molecule has 1 aliphatic heterocycles. The van der Waals surface area contributed by atoms with Gasteiger partial charge in [-0.2, -0.15) is 5.26 Å². The Labute approximate surface area is 193 Å².